The number of aromatic nitrogens is 3. The number of aromatic amines is 1. The molecule has 2 fully saturated rings. The summed E-state index contributed by atoms with van der Waals surface area (Å²) in [6.45, 7) is 3.81. The minimum Gasteiger partial charge on any atom is -0.378 e. The van der Waals surface area contributed by atoms with Crippen molar-refractivity contribution in [2.75, 3.05) is 63.9 Å². The lowest BCUT2D eigenvalue weighted by Gasteiger charge is -2.34. The Balaban J connectivity index is 1.36. The van der Waals surface area contributed by atoms with Gasteiger partial charge in [-0.25, -0.2) is 9.97 Å². The van der Waals surface area contributed by atoms with Crippen molar-refractivity contribution in [2.24, 2.45) is 0 Å². The fourth-order valence-electron chi connectivity index (χ4n) is 5.21. The number of H-pyrrole nitrogens is 1. The lowest BCUT2D eigenvalue weighted by atomic mass is 10.1. The van der Waals surface area contributed by atoms with Gasteiger partial charge in [0.15, 0.2) is 11.6 Å². The molecule has 0 saturated carbocycles. The molecular formula is C25H27F3N6O4S2. The number of anilines is 1. The second kappa shape index (κ2) is 10.5. The van der Waals surface area contributed by atoms with Gasteiger partial charge in [-0.15, -0.1) is 11.3 Å². The lowest BCUT2D eigenvalue weighted by molar-refractivity contribution is -0.149. The summed E-state index contributed by atoms with van der Waals surface area (Å²) in [5.41, 5.74) is 1.69. The van der Waals surface area contributed by atoms with Crippen LogP contribution in [-0.2, 0) is 21.4 Å². The van der Waals surface area contributed by atoms with E-state index in [1.807, 2.05) is 6.07 Å². The Morgan fingerprint density at radius 2 is 1.75 bits per heavy atom. The van der Waals surface area contributed by atoms with E-state index in [0.717, 1.165) is 15.4 Å². The third-order valence-corrected chi connectivity index (χ3v) is 9.08. The highest BCUT2D eigenvalue weighted by Crippen LogP contribution is 2.37. The molecule has 0 radical (unpaired) electrons. The molecule has 15 heteroatoms. The number of hydrogen-bond acceptors (Lipinski definition) is 9. The van der Waals surface area contributed by atoms with E-state index in [2.05, 4.69) is 14.8 Å². The fraction of sp³-hybridized carbons (Fsp3) is 0.440. The van der Waals surface area contributed by atoms with Crippen LogP contribution in [0.15, 0.2) is 35.4 Å². The van der Waals surface area contributed by atoms with E-state index in [4.69, 9.17) is 14.7 Å². The molecule has 2 saturated heterocycles. The van der Waals surface area contributed by atoms with Crippen molar-refractivity contribution in [3.8, 4) is 11.4 Å². The zero-order valence-electron chi connectivity index (χ0n) is 21.3. The maximum atomic E-state index is 12.8. The molecule has 0 unspecified atom stereocenters. The van der Waals surface area contributed by atoms with Crippen LogP contribution in [0.1, 0.15) is 4.88 Å². The molecule has 214 valence electrons. The third kappa shape index (κ3) is 5.80. The molecule has 2 aliphatic rings. The Morgan fingerprint density at radius 1 is 1.02 bits per heavy atom. The summed E-state index contributed by atoms with van der Waals surface area (Å²) in [5, 5.41) is 0.715. The summed E-state index contributed by atoms with van der Waals surface area (Å²) in [7, 11) is -4.47. The normalized spacial score (nSPS) is 18.2. The summed E-state index contributed by atoms with van der Waals surface area (Å²) in [6, 6.07) is 6.52. The molecule has 2 N–H and O–H groups in total. The fourth-order valence-corrected chi connectivity index (χ4v) is 6.89. The number of thiophene rings is 1. The second-order valence-corrected chi connectivity index (χ2v) is 12.5. The molecule has 3 aromatic heterocycles. The first kappa shape index (κ1) is 27.4. The van der Waals surface area contributed by atoms with E-state index in [9.17, 15) is 26.1 Å². The first-order valence-corrected chi connectivity index (χ1v) is 15.0. The van der Waals surface area contributed by atoms with Crippen molar-refractivity contribution in [1.29, 1.82) is 0 Å². The number of fused-ring (bicyclic) bond motifs is 2. The van der Waals surface area contributed by atoms with E-state index >= 15 is 0 Å². The van der Waals surface area contributed by atoms with E-state index in [-0.39, 0.29) is 4.90 Å². The van der Waals surface area contributed by atoms with Crippen molar-refractivity contribution in [3.05, 3.63) is 35.3 Å². The summed E-state index contributed by atoms with van der Waals surface area (Å²) >= 11 is 1.55. The first-order chi connectivity index (χ1) is 19.0. The zero-order valence-corrected chi connectivity index (χ0v) is 22.9. The average Bonchev–Trinajstić information content (AvgIpc) is 3.54. The average molecular weight is 597 g/mol. The van der Waals surface area contributed by atoms with E-state index in [1.54, 1.807) is 23.6 Å². The van der Waals surface area contributed by atoms with Crippen LogP contribution in [0, 0.1) is 0 Å². The largest absolute Gasteiger partial charge is 0.401 e. The molecule has 0 aliphatic carbocycles. The van der Waals surface area contributed by atoms with Crippen LogP contribution in [0.5, 0.6) is 0 Å². The number of benzene rings is 1. The quantitative estimate of drug-likeness (QED) is 0.322. The Labute approximate surface area is 232 Å². The number of piperazine rings is 1. The van der Waals surface area contributed by atoms with Gasteiger partial charge in [-0.2, -0.15) is 21.6 Å². The number of halogens is 3. The Morgan fingerprint density at radius 3 is 2.45 bits per heavy atom. The molecular weight excluding hydrogens is 569 g/mol. The Hall–Kier alpha value is -2.82. The van der Waals surface area contributed by atoms with Crippen LogP contribution in [0.25, 0.3) is 32.5 Å². The molecule has 4 aromatic rings. The van der Waals surface area contributed by atoms with Gasteiger partial charge in [-0.1, -0.05) is 0 Å². The van der Waals surface area contributed by atoms with Crippen LogP contribution >= 0.6 is 11.3 Å². The minimum absolute atomic E-state index is 0.259. The molecule has 0 bridgehead atoms. The van der Waals surface area contributed by atoms with Gasteiger partial charge >= 0.3 is 6.18 Å². The van der Waals surface area contributed by atoms with Crippen molar-refractivity contribution in [3.63, 3.8) is 0 Å². The van der Waals surface area contributed by atoms with Crippen LogP contribution < -0.4 is 4.90 Å². The number of alkyl halides is 3. The summed E-state index contributed by atoms with van der Waals surface area (Å²) < 4.78 is 78.5. The van der Waals surface area contributed by atoms with Crippen LogP contribution in [0.3, 0.4) is 0 Å². The number of rotatable bonds is 6. The molecule has 40 heavy (non-hydrogen) atoms. The van der Waals surface area contributed by atoms with Crippen molar-refractivity contribution >= 4 is 48.4 Å². The first-order valence-electron chi connectivity index (χ1n) is 12.8. The van der Waals surface area contributed by atoms with E-state index in [1.165, 1.54) is 17.0 Å². The predicted octanol–water partition coefficient (Wildman–Crippen LogP) is 3.60. The zero-order chi connectivity index (χ0) is 28.1. The van der Waals surface area contributed by atoms with Gasteiger partial charge in [0.1, 0.15) is 0 Å². The Kier molecular flexibility index (Phi) is 7.21. The summed E-state index contributed by atoms with van der Waals surface area (Å²) in [4.78, 5) is 19.2. The minimum atomic E-state index is -4.47. The predicted molar refractivity (Wildman–Crippen MR) is 145 cm³/mol. The molecule has 0 atom stereocenters. The molecule has 2 aliphatic heterocycles. The molecule has 10 nitrogen and oxygen atoms in total. The van der Waals surface area contributed by atoms with E-state index in [0.29, 0.717) is 86.8 Å². The highest BCUT2D eigenvalue weighted by Gasteiger charge is 2.32. The standard InChI is InChI=1S/C25H27F3N6O4S2/c26-25(27,28)15-33-5-3-32(4-6-33)14-16-11-21-22(39-16)24(34-7-9-38-10-8-34)31-23(30-21)19-12-17(40(35,36)37)13-20-18(19)1-2-29-20/h1-2,11-13,29H,3-10,14-15H2,(H,35,36,37). The van der Waals surface area contributed by atoms with Gasteiger partial charge in [-0.3, -0.25) is 14.4 Å². The van der Waals surface area contributed by atoms with Crippen molar-refractivity contribution in [2.45, 2.75) is 17.6 Å². The Bertz CT molecular complexity index is 1640. The smallest absolute Gasteiger partial charge is 0.378 e. The monoisotopic (exact) mass is 596 g/mol. The van der Waals surface area contributed by atoms with Crippen molar-refractivity contribution < 1.29 is 30.9 Å². The molecule has 6 rings (SSSR count). The van der Waals surface area contributed by atoms with Gasteiger partial charge in [-0.05, 0) is 24.3 Å². The topological polar surface area (TPSA) is 115 Å². The number of morpholine rings is 1. The van der Waals surface area contributed by atoms with Crippen LogP contribution in [-0.4, -0.2) is 103 Å². The SMILES string of the molecule is O=S(=O)(O)c1cc(-c2nc(N3CCOCC3)c3sc(CN4CCN(CC(F)(F)F)CC4)cc3n2)c2cc[nH]c2c1. The molecule has 0 spiro atoms. The number of ether oxygens (including phenoxy) is 1. The third-order valence-electron chi connectivity index (χ3n) is 7.14. The van der Waals surface area contributed by atoms with E-state index < -0.39 is 22.8 Å². The van der Waals surface area contributed by atoms with Crippen molar-refractivity contribution in [1.82, 2.24) is 24.8 Å². The van der Waals surface area contributed by atoms with Crippen LogP contribution in [0.4, 0.5) is 19.0 Å². The van der Waals surface area contributed by atoms with Gasteiger partial charge < -0.3 is 14.6 Å². The molecule has 1 aromatic carbocycles. The maximum Gasteiger partial charge on any atom is 0.401 e. The molecule has 0 amide bonds. The summed E-state index contributed by atoms with van der Waals surface area (Å²) in [6.07, 6.45) is -2.52. The number of nitrogens with zero attached hydrogens (tertiary/aromatic N) is 5. The van der Waals surface area contributed by atoms with Gasteiger partial charge in [0, 0.05) is 73.4 Å². The highest BCUT2D eigenvalue weighted by molar-refractivity contribution is 7.85. The van der Waals surface area contributed by atoms with Gasteiger partial charge in [0.25, 0.3) is 10.1 Å². The lowest BCUT2D eigenvalue weighted by Crippen LogP contribution is -2.48. The number of nitrogens with one attached hydrogen (secondary N) is 1. The van der Waals surface area contributed by atoms with Gasteiger partial charge in [0.2, 0.25) is 0 Å². The highest BCUT2D eigenvalue weighted by atomic mass is 32.2. The van der Waals surface area contributed by atoms with Crippen LogP contribution in [0.2, 0.25) is 0 Å². The number of hydrogen-bond donors (Lipinski definition) is 2. The summed E-state index contributed by atoms with van der Waals surface area (Å²) in [5.74, 6) is 1.05. The molecule has 5 heterocycles. The maximum absolute atomic E-state index is 12.8. The second-order valence-electron chi connectivity index (χ2n) is 9.95. The van der Waals surface area contributed by atoms with Gasteiger partial charge in [0.05, 0.1) is 34.9 Å².